The molecular formula is C35H39ClINO6. The minimum atomic E-state index is -0.914. The highest BCUT2D eigenvalue weighted by molar-refractivity contribution is 14.1. The minimum absolute atomic E-state index is 0.00206. The molecule has 5 rings (SSSR count). The van der Waals surface area contributed by atoms with Crippen LogP contribution in [0.5, 0.6) is 11.5 Å². The van der Waals surface area contributed by atoms with Crippen LogP contribution in [-0.2, 0) is 21.0 Å². The number of ether oxygens (including phenoxy) is 2. The van der Waals surface area contributed by atoms with E-state index in [1.165, 1.54) is 0 Å². The molecule has 0 amide bonds. The van der Waals surface area contributed by atoms with Gasteiger partial charge in [0.25, 0.3) is 0 Å². The van der Waals surface area contributed by atoms with Gasteiger partial charge >= 0.3 is 5.97 Å². The molecule has 0 aromatic heterocycles. The Labute approximate surface area is 277 Å². The molecule has 2 aliphatic carbocycles. The van der Waals surface area contributed by atoms with Crippen molar-refractivity contribution in [3.05, 3.63) is 78.7 Å². The van der Waals surface area contributed by atoms with Crippen molar-refractivity contribution in [2.24, 2.45) is 10.8 Å². The number of carboxylic acids is 1. The molecule has 0 saturated carbocycles. The maximum Gasteiger partial charge on any atom is 0.305 e. The third-order valence-corrected chi connectivity index (χ3v) is 9.74. The molecule has 0 fully saturated rings. The van der Waals surface area contributed by atoms with Crippen LogP contribution in [0.3, 0.4) is 0 Å². The number of aliphatic carboxylic acids is 1. The van der Waals surface area contributed by atoms with Gasteiger partial charge in [-0.3, -0.25) is 14.4 Å². The first-order chi connectivity index (χ1) is 20.7. The highest BCUT2D eigenvalue weighted by Gasteiger charge is 2.49. The van der Waals surface area contributed by atoms with Crippen molar-refractivity contribution in [1.82, 2.24) is 4.90 Å². The Bertz CT molecular complexity index is 1540. The third-order valence-electron chi connectivity index (χ3n) is 8.57. The van der Waals surface area contributed by atoms with Crippen LogP contribution in [0.2, 0.25) is 5.02 Å². The Morgan fingerprint density at radius 3 is 2.11 bits per heavy atom. The third kappa shape index (κ3) is 6.57. The van der Waals surface area contributed by atoms with Crippen molar-refractivity contribution >= 4 is 51.7 Å². The number of carboxylic acid groups (broad SMARTS) is 1. The molecule has 0 spiro atoms. The van der Waals surface area contributed by atoms with E-state index in [-0.39, 0.29) is 42.0 Å². The van der Waals surface area contributed by atoms with Gasteiger partial charge in [0.2, 0.25) is 0 Å². The number of halogens is 2. The SMILES string of the molecule is CCOc1cc(C2C3=C(CC(C)(C)CC3=O)N(CCC(=O)O)C3=C2C(=O)CC(C)(C)C3)cc(I)c1OCc1ccccc1Cl. The molecule has 1 aliphatic heterocycles. The van der Waals surface area contributed by atoms with E-state index in [4.69, 9.17) is 21.1 Å². The van der Waals surface area contributed by atoms with E-state index in [1.54, 1.807) is 0 Å². The highest BCUT2D eigenvalue weighted by atomic mass is 127. The molecule has 0 radical (unpaired) electrons. The normalized spacial score (nSPS) is 19.6. The molecule has 0 bridgehead atoms. The van der Waals surface area contributed by atoms with E-state index >= 15 is 0 Å². The van der Waals surface area contributed by atoms with Gasteiger partial charge in [-0.15, -0.1) is 0 Å². The summed E-state index contributed by atoms with van der Waals surface area (Å²) in [5.74, 6) is -0.381. The van der Waals surface area contributed by atoms with E-state index in [0.29, 0.717) is 60.0 Å². The summed E-state index contributed by atoms with van der Waals surface area (Å²) in [7, 11) is 0. The van der Waals surface area contributed by atoms with Crippen molar-refractivity contribution < 1.29 is 29.0 Å². The monoisotopic (exact) mass is 731 g/mol. The van der Waals surface area contributed by atoms with Crippen LogP contribution in [-0.4, -0.2) is 40.7 Å². The number of allylic oxidation sites excluding steroid dienone is 4. The second kappa shape index (κ2) is 12.5. The van der Waals surface area contributed by atoms with Gasteiger partial charge in [-0.25, -0.2) is 0 Å². The summed E-state index contributed by atoms with van der Waals surface area (Å²) in [6.07, 6.45) is 1.84. The van der Waals surface area contributed by atoms with Crippen molar-refractivity contribution in [2.45, 2.75) is 79.2 Å². The lowest BCUT2D eigenvalue weighted by Crippen LogP contribution is -2.45. The first-order valence-electron chi connectivity index (χ1n) is 15.1. The molecule has 234 valence electrons. The van der Waals surface area contributed by atoms with Crippen LogP contribution in [0.1, 0.15) is 83.8 Å². The summed E-state index contributed by atoms with van der Waals surface area (Å²) in [4.78, 5) is 41.9. The predicted octanol–water partition coefficient (Wildman–Crippen LogP) is 8.08. The van der Waals surface area contributed by atoms with Gasteiger partial charge in [-0.2, -0.15) is 0 Å². The fourth-order valence-electron chi connectivity index (χ4n) is 6.78. The number of carbonyl (C=O) groups excluding carboxylic acids is 2. The molecule has 1 N–H and O–H groups in total. The summed E-state index contributed by atoms with van der Waals surface area (Å²) >= 11 is 8.61. The van der Waals surface area contributed by atoms with Gasteiger partial charge in [0, 0.05) is 58.4 Å². The fourth-order valence-corrected chi connectivity index (χ4v) is 7.75. The maximum atomic E-state index is 14.1. The Morgan fingerprint density at radius 1 is 0.977 bits per heavy atom. The molecule has 9 heteroatoms. The fraction of sp³-hybridized carbons (Fsp3) is 0.457. The summed E-state index contributed by atoms with van der Waals surface area (Å²) in [6, 6.07) is 11.4. The predicted molar refractivity (Wildman–Crippen MR) is 178 cm³/mol. The first-order valence-corrected chi connectivity index (χ1v) is 16.5. The smallest absolute Gasteiger partial charge is 0.305 e. The van der Waals surface area contributed by atoms with Crippen molar-refractivity contribution in [3.8, 4) is 11.5 Å². The number of ketones is 2. The first kappa shape index (κ1) is 32.5. The van der Waals surface area contributed by atoms with E-state index in [2.05, 4.69) is 50.3 Å². The summed E-state index contributed by atoms with van der Waals surface area (Å²) in [5.41, 5.74) is 3.93. The number of carbonyl (C=O) groups is 3. The average molecular weight is 732 g/mol. The number of hydrogen-bond donors (Lipinski definition) is 1. The molecule has 2 aromatic rings. The molecule has 44 heavy (non-hydrogen) atoms. The van der Waals surface area contributed by atoms with E-state index in [1.807, 2.05) is 48.2 Å². The zero-order valence-corrected chi connectivity index (χ0v) is 28.8. The van der Waals surface area contributed by atoms with Gasteiger partial charge in [0.05, 0.1) is 16.6 Å². The van der Waals surface area contributed by atoms with Crippen LogP contribution < -0.4 is 9.47 Å². The summed E-state index contributed by atoms with van der Waals surface area (Å²) < 4.78 is 13.2. The van der Waals surface area contributed by atoms with Gasteiger partial charge in [0.1, 0.15) is 6.61 Å². The molecule has 7 nitrogen and oxygen atoms in total. The van der Waals surface area contributed by atoms with Crippen LogP contribution >= 0.6 is 34.2 Å². The Hall–Kier alpha value is -2.85. The van der Waals surface area contributed by atoms with Crippen LogP contribution in [0.4, 0.5) is 0 Å². The van der Waals surface area contributed by atoms with Crippen LogP contribution in [0, 0.1) is 14.4 Å². The Morgan fingerprint density at radius 2 is 1.57 bits per heavy atom. The van der Waals surface area contributed by atoms with Crippen molar-refractivity contribution in [2.75, 3.05) is 13.2 Å². The maximum absolute atomic E-state index is 14.1. The second-order valence-corrected chi connectivity index (χ2v) is 15.0. The molecule has 1 heterocycles. The zero-order valence-electron chi connectivity index (χ0n) is 25.9. The largest absolute Gasteiger partial charge is 0.490 e. The van der Waals surface area contributed by atoms with Gasteiger partial charge in [-0.1, -0.05) is 57.5 Å². The van der Waals surface area contributed by atoms with Crippen LogP contribution in [0.15, 0.2) is 58.9 Å². The average Bonchev–Trinajstić information content (AvgIpc) is 2.90. The molecule has 0 unspecified atom stereocenters. The van der Waals surface area contributed by atoms with Gasteiger partial charge in [-0.05, 0) is 76.9 Å². The quantitative estimate of drug-likeness (QED) is 0.261. The minimum Gasteiger partial charge on any atom is -0.490 e. The Balaban J connectivity index is 1.68. The highest BCUT2D eigenvalue weighted by Crippen LogP contribution is 2.55. The summed E-state index contributed by atoms with van der Waals surface area (Å²) in [5, 5.41) is 10.2. The summed E-state index contributed by atoms with van der Waals surface area (Å²) in [6.45, 7) is 11.0. The zero-order chi connectivity index (χ0) is 32.0. The van der Waals surface area contributed by atoms with Crippen molar-refractivity contribution in [1.29, 1.82) is 0 Å². The van der Waals surface area contributed by atoms with E-state index in [0.717, 1.165) is 26.1 Å². The standard InChI is InChI=1S/C35H39ClINO6/c1-6-43-28-14-21(13-23(37)33(28)44-19-20-9-7-8-10-22(20)36)30-31-24(15-34(2,3)17-26(31)39)38(12-11-29(41)42)25-16-35(4,5)18-27(40)32(25)30/h7-10,13-14,30H,6,11-12,15-19H2,1-5H3,(H,41,42). The van der Waals surface area contributed by atoms with E-state index < -0.39 is 11.9 Å². The lowest BCUT2D eigenvalue weighted by Gasteiger charge is -2.49. The number of nitrogens with zero attached hydrogens (tertiary/aromatic N) is 1. The Kier molecular flexibility index (Phi) is 9.25. The topological polar surface area (TPSA) is 93.1 Å². The van der Waals surface area contributed by atoms with Gasteiger partial charge in [0.15, 0.2) is 23.1 Å². The van der Waals surface area contributed by atoms with Crippen molar-refractivity contribution in [3.63, 3.8) is 0 Å². The van der Waals surface area contributed by atoms with Crippen LogP contribution in [0.25, 0.3) is 0 Å². The molecule has 0 saturated heterocycles. The molecular weight excluding hydrogens is 693 g/mol. The number of rotatable bonds is 9. The number of hydrogen-bond acceptors (Lipinski definition) is 6. The lowest BCUT2D eigenvalue weighted by molar-refractivity contribution is -0.137. The number of benzene rings is 2. The molecule has 2 aromatic carbocycles. The lowest BCUT2D eigenvalue weighted by atomic mass is 9.63. The second-order valence-electron chi connectivity index (χ2n) is 13.5. The number of Topliss-reactive ketones (excluding diaryl/α,β-unsaturated/α-hetero) is 2. The van der Waals surface area contributed by atoms with Gasteiger partial charge < -0.3 is 19.5 Å². The van der Waals surface area contributed by atoms with E-state index in [9.17, 15) is 19.5 Å². The molecule has 0 atom stereocenters. The molecule has 3 aliphatic rings.